The van der Waals surface area contributed by atoms with Gasteiger partial charge in [-0.15, -0.1) is 0 Å². The van der Waals surface area contributed by atoms with E-state index in [0.717, 1.165) is 103 Å². The van der Waals surface area contributed by atoms with Crippen LogP contribution in [0.5, 0.6) is 0 Å². The molecule has 0 aromatic rings. The molecule has 0 spiro atoms. The Bertz CT molecular complexity index is 1480. The van der Waals surface area contributed by atoms with Gasteiger partial charge in [-0.2, -0.15) is 0 Å². The number of carbonyl (C=O) groups is 3. The Balaban J connectivity index is 4.18. The molecule has 0 aliphatic heterocycles. The molecule has 0 fully saturated rings. The molecule has 0 heterocycles. The number of rotatable bonds is 61. The summed E-state index contributed by atoms with van der Waals surface area (Å²) in [6.07, 6.45) is 87.5. The zero-order valence-corrected chi connectivity index (χ0v) is 51.7. The molecule has 0 bridgehead atoms. The molecule has 0 aliphatic carbocycles. The molecule has 0 N–H and O–H groups in total. The summed E-state index contributed by atoms with van der Waals surface area (Å²) in [5.41, 5.74) is 0. The third kappa shape index (κ3) is 63.4. The van der Waals surface area contributed by atoms with Gasteiger partial charge in [0.2, 0.25) is 0 Å². The highest BCUT2D eigenvalue weighted by Gasteiger charge is 2.19. The van der Waals surface area contributed by atoms with Crippen molar-refractivity contribution >= 4 is 17.9 Å². The number of unbranched alkanes of at least 4 members (excludes halogenated alkanes) is 36. The van der Waals surface area contributed by atoms with E-state index in [1.54, 1.807) is 0 Å². The van der Waals surface area contributed by atoms with Gasteiger partial charge in [-0.1, -0.05) is 305 Å². The Morgan fingerprint density at radius 3 is 0.795 bits per heavy atom. The monoisotopic (exact) mass is 1090 g/mol. The van der Waals surface area contributed by atoms with E-state index in [9.17, 15) is 14.4 Å². The fourth-order valence-electron chi connectivity index (χ4n) is 9.62. The van der Waals surface area contributed by atoms with Gasteiger partial charge in [0.15, 0.2) is 6.10 Å². The van der Waals surface area contributed by atoms with Crippen LogP contribution >= 0.6 is 0 Å². The lowest BCUT2D eigenvalue weighted by Crippen LogP contribution is -2.30. The van der Waals surface area contributed by atoms with E-state index in [0.29, 0.717) is 19.3 Å². The molecule has 78 heavy (non-hydrogen) atoms. The Kier molecular flexibility index (Phi) is 63.2. The van der Waals surface area contributed by atoms with Crippen LogP contribution in [-0.2, 0) is 28.6 Å². The summed E-state index contributed by atoms with van der Waals surface area (Å²) in [7, 11) is 0. The van der Waals surface area contributed by atoms with Crippen molar-refractivity contribution in [3.05, 3.63) is 85.1 Å². The molecule has 0 aliphatic rings. The van der Waals surface area contributed by atoms with Gasteiger partial charge in [-0.25, -0.2) is 0 Å². The SMILES string of the molecule is CC/C=C\C/C=C\C/C=C\C/C=C\C/C=C\CCCCCCCCCCCCCCCCCC(=O)OCC(COC(=O)CCCCCCCCCCCCC)OC(=O)CCCCCCCCC/C=C\C/C=C\CCCCCC. The molecular formula is C72H126O6. The van der Waals surface area contributed by atoms with Crippen molar-refractivity contribution in [2.45, 2.75) is 341 Å². The van der Waals surface area contributed by atoms with E-state index in [2.05, 4.69) is 106 Å². The van der Waals surface area contributed by atoms with Gasteiger partial charge in [-0.05, 0) is 96.3 Å². The predicted molar refractivity (Wildman–Crippen MR) is 339 cm³/mol. The number of ether oxygens (including phenoxy) is 3. The van der Waals surface area contributed by atoms with Crippen molar-refractivity contribution < 1.29 is 28.6 Å². The van der Waals surface area contributed by atoms with Gasteiger partial charge < -0.3 is 14.2 Å². The normalized spacial score (nSPS) is 12.6. The van der Waals surface area contributed by atoms with Crippen LogP contribution in [0.2, 0.25) is 0 Å². The molecule has 0 saturated heterocycles. The number of hydrogen-bond acceptors (Lipinski definition) is 6. The first kappa shape index (κ1) is 74.6. The van der Waals surface area contributed by atoms with E-state index < -0.39 is 6.10 Å². The lowest BCUT2D eigenvalue weighted by molar-refractivity contribution is -0.167. The van der Waals surface area contributed by atoms with Gasteiger partial charge in [0, 0.05) is 19.3 Å². The summed E-state index contributed by atoms with van der Waals surface area (Å²) in [6, 6.07) is 0. The Morgan fingerprint density at radius 2 is 0.500 bits per heavy atom. The van der Waals surface area contributed by atoms with Gasteiger partial charge in [0.1, 0.15) is 13.2 Å². The molecule has 0 radical (unpaired) electrons. The standard InChI is InChI=1S/C72H126O6/c1-4-7-10-13-16-19-22-24-26-28-30-31-32-33-34-35-36-37-38-39-40-41-42-44-45-47-50-53-56-59-62-65-71(74)77-68-69(67-76-70(73)64-61-58-55-52-49-21-18-15-12-9-6-3)78-72(75)66-63-60-57-54-51-48-46-43-29-27-25-23-20-17-14-11-8-5-2/h7,10,16,19-20,23-24,26-27,29-31,33-34,69H,4-6,8-9,11-15,17-18,21-22,25,28,32,35-68H2,1-3H3/b10-7-,19-16-,23-20-,26-24-,29-27-,31-30-,34-33-. The predicted octanol–water partition coefficient (Wildman–Crippen LogP) is 23.1. The highest BCUT2D eigenvalue weighted by atomic mass is 16.6. The van der Waals surface area contributed by atoms with Crippen LogP contribution in [0.15, 0.2) is 85.1 Å². The van der Waals surface area contributed by atoms with Crippen LogP contribution in [0, 0.1) is 0 Å². The summed E-state index contributed by atoms with van der Waals surface area (Å²) >= 11 is 0. The molecule has 1 unspecified atom stereocenters. The maximum atomic E-state index is 12.9. The minimum atomic E-state index is -0.778. The lowest BCUT2D eigenvalue weighted by Gasteiger charge is -2.18. The van der Waals surface area contributed by atoms with Gasteiger partial charge in [0.05, 0.1) is 0 Å². The van der Waals surface area contributed by atoms with Crippen molar-refractivity contribution in [3.8, 4) is 0 Å². The Morgan fingerprint density at radius 1 is 0.269 bits per heavy atom. The minimum absolute atomic E-state index is 0.0750. The molecule has 6 heteroatoms. The van der Waals surface area contributed by atoms with Crippen LogP contribution in [0.3, 0.4) is 0 Å². The Labute approximate surface area is 484 Å². The second-order valence-electron chi connectivity index (χ2n) is 22.4. The number of allylic oxidation sites excluding steroid dienone is 14. The second-order valence-corrected chi connectivity index (χ2v) is 22.4. The highest BCUT2D eigenvalue weighted by molar-refractivity contribution is 5.71. The average molecular weight is 1090 g/mol. The molecule has 0 rings (SSSR count). The van der Waals surface area contributed by atoms with Gasteiger partial charge >= 0.3 is 17.9 Å². The van der Waals surface area contributed by atoms with Crippen LogP contribution in [-0.4, -0.2) is 37.2 Å². The maximum absolute atomic E-state index is 12.9. The molecule has 0 saturated carbocycles. The molecule has 6 nitrogen and oxygen atoms in total. The van der Waals surface area contributed by atoms with E-state index in [1.807, 2.05) is 0 Å². The second kappa shape index (κ2) is 66.1. The first-order valence-corrected chi connectivity index (χ1v) is 33.6. The zero-order valence-electron chi connectivity index (χ0n) is 51.7. The number of hydrogen-bond donors (Lipinski definition) is 0. The fourth-order valence-corrected chi connectivity index (χ4v) is 9.62. The zero-order chi connectivity index (χ0) is 56.4. The van der Waals surface area contributed by atoms with E-state index >= 15 is 0 Å². The summed E-state index contributed by atoms with van der Waals surface area (Å²) < 4.78 is 16.9. The van der Waals surface area contributed by atoms with Crippen LogP contribution in [0.25, 0.3) is 0 Å². The Hall–Kier alpha value is -3.41. The molecule has 1 atom stereocenters. The van der Waals surface area contributed by atoms with Crippen LogP contribution in [0.1, 0.15) is 335 Å². The fraction of sp³-hybridized carbons (Fsp3) is 0.764. The van der Waals surface area contributed by atoms with E-state index in [1.165, 1.54) is 193 Å². The summed E-state index contributed by atoms with van der Waals surface area (Å²) in [5, 5.41) is 0. The minimum Gasteiger partial charge on any atom is -0.462 e. The topological polar surface area (TPSA) is 78.9 Å². The van der Waals surface area contributed by atoms with Gasteiger partial charge in [-0.3, -0.25) is 14.4 Å². The quantitative estimate of drug-likeness (QED) is 0.0261. The summed E-state index contributed by atoms with van der Waals surface area (Å²) in [4.78, 5) is 38.3. The van der Waals surface area contributed by atoms with Crippen molar-refractivity contribution in [1.29, 1.82) is 0 Å². The van der Waals surface area contributed by atoms with E-state index in [4.69, 9.17) is 14.2 Å². The first-order valence-electron chi connectivity index (χ1n) is 33.6. The third-order valence-corrected chi connectivity index (χ3v) is 14.6. The number of esters is 3. The molecule has 0 amide bonds. The van der Waals surface area contributed by atoms with Crippen LogP contribution < -0.4 is 0 Å². The third-order valence-electron chi connectivity index (χ3n) is 14.6. The maximum Gasteiger partial charge on any atom is 0.306 e. The highest BCUT2D eigenvalue weighted by Crippen LogP contribution is 2.17. The smallest absolute Gasteiger partial charge is 0.306 e. The molecular weight excluding hydrogens is 961 g/mol. The summed E-state index contributed by atoms with van der Waals surface area (Å²) in [5.74, 6) is -0.868. The largest absolute Gasteiger partial charge is 0.462 e. The first-order chi connectivity index (χ1) is 38.5. The van der Waals surface area contributed by atoms with Crippen molar-refractivity contribution in [2.75, 3.05) is 13.2 Å². The lowest BCUT2D eigenvalue weighted by atomic mass is 10.0. The number of carbonyl (C=O) groups excluding carboxylic acids is 3. The molecule has 0 aromatic heterocycles. The average Bonchev–Trinajstić information content (AvgIpc) is 3.44. The van der Waals surface area contributed by atoms with Crippen molar-refractivity contribution in [1.82, 2.24) is 0 Å². The molecule has 450 valence electrons. The van der Waals surface area contributed by atoms with Crippen molar-refractivity contribution in [3.63, 3.8) is 0 Å². The molecule has 0 aromatic carbocycles. The van der Waals surface area contributed by atoms with Crippen LogP contribution in [0.4, 0.5) is 0 Å². The van der Waals surface area contributed by atoms with Gasteiger partial charge in [0.25, 0.3) is 0 Å². The summed E-state index contributed by atoms with van der Waals surface area (Å²) in [6.45, 7) is 6.53. The van der Waals surface area contributed by atoms with Crippen molar-refractivity contribution in [2.24, 2.45) is 0 Å². The van der Waals surface area contributed by atoms with E-state index in [-0.39, 0.29) is 31.1 Å².